The Morgan fingerprint density at radius 1 is 1.36 bits per heavy atom. The van der Waals surface area contributed by atoms with Crippen molar-refractivity contribution in [1.29, 1.82) is 0 Å². The van der Waals surface area contributed by atoms with Crippen LogP contribution >= 0.6 is 0 Å². The molecule has 1 rings (SSSR count). The van der Waals surface area contributed by atoms with Crippen molar-refractivity contribution >= 4 is 5.97 Å². The smallest absolute Gasteiger partial charge is 0.309 e. The molecule has 1 aliphatic carbocycles. The average molecular weight is 198 g/mol. The van der Waals surface area contributed by atoms with Gasteiger partial charge in [-0.25, -0.2) is 0 Å². The first kappa shape index (κ1) is 11.5. The van der Waals surface area contributed by atoms with Gasteiger partial charge in [-0.15, -0.1) is 0 Å². The molecule has 0 bridgehead atoms. The Morgan fingerprint density at radius 2 is 2.14 bits per heavy atom. The maximum Gasteiger partial charge on any atom is 0.309 e. The Morgan fingerprint density at radius 3 is 2.79 bits per heavy atom. The van der Waals surface area contributed by atoms with Gasteiger partial charge in [0.2, 0.25) is 0 Å². The summed E-state index contributed by atoms with van der Waals surface area (Å²) in [5, 5.41) is 0. The second-order valence-corrected chi connectivity index (χ2v) is 4.23. The molecule has 0 N–H and O–H groups in total. The predicted octanol–water partition coefficient (Wildman–Crippen LogP) is 3.16. The molecular formula is C12H22O2. The molecule has 0 aromatic carbocycles. The van der Waals surface area contributed by atoms with Crippen LogP contribution in [-0.2, 0) is 9.53 Å². The number of carbonyl (C=O) groups is 1. The van der Waals surface area contributed by atoms with Gasteiger partial charge in [0.25, 0.3) is 0 Å². The molecule has 1 aliphatic rings. The van der Waals surface area contributed by atoms with Crippen LogP contribution in [-0.4, -0.2) is 12.6 Å². The monoisotopic (exact) mass is 198 g/mol. The summed E-state index contributed by atoms with van der Waals surface area (Å²) in [6.07, 6.45) is 6.66. The third-order valence-corrected chi connectivity index (χ3v) is 3.23. The predicted molar refractivity (Wildman–Crippen MR) is 57.0 cm³/mol. The lowest BCUT2D eigenvalue weighted by Gasteiger charge is -2.16. The van der Waals surface area contributed by atoms with Gasteiger partial charge in [-0.05, 0) is 25.2 Å². The van der Waals surface area contributed by atoms with Crippen LogP contribution in [0, 0.1) is 11.8 Å². The standard InChI is InChI=1S/C12H22O2/c1-3-5-9-14-12(13)11-8-6-7-10(11)4-2/h10-11H,3-9H2,1-2H3/t10-,11-/m1/s1. The maximum absolute atomic E-state index is 11.7. The lowest BCUT2D eigenvalue weighted by Crippen LogP contribution is -2.21. The molecule has 2 heteroatoms. The van der Waals surface area contributed by atoms with Crippen LogP contribution in [0.25, 0.3) is 0 Å². The molecule has 14 heavy (non-hydrogen) atoms. The first-order valence-corrected chi connectivity index (χ1v) is 5.96. The Hall–Kier alpha value is -0.530. The molecule has 2 atom stereocenters. The Labute approximate surface area is 87.0 Å². The van der Waals surface area contributed by atoms with Crippen molar-refractivity contribution in [2.24, 2.45) is 11.8 Å². The van der Waals surface area contributed by atoms with E-state index in [1.165, 1.54) is 12.8 Å². The molecule has 82 valence electrons. The summed E-state index contributed by atoms with van der Waals surface area (Å²) in [7, 11) is 0. The number of carbonyl (C=O) groups excluding carboxylic acids is 1. The van der Waals surface area contributed by atoms with Crippen molar-refractivity contribution < 1.29 is 9.53 Å². The highest BCUT2D eigenvalue weighted by Crippen LogP contribution is 2.34. The molecule has 1 fully saturated rings. The molecule has 0 unspecified atom stereocenters. The highest BCUT2D eigenvalue weighted by atomic mass is 16.5. The van der Waals surface area contributed by atoms with E-state index in [4.69, 9.17) is 4.74 Å². The van der Waals surface area contributed by atoms with Crippen molar-refractivity contribution in [2.45, 2.75) is 52.4 Å². The van der Waals surface area contributed by atoms with Gasteiger partial charge < -0.3 is 4.74 Å². The van der Waals surface area contributed by atoms with E-state index in [9.17, 15) is 4.79 Å². The molecule has 0 heterocycles. The van der Waals surface area contributed by atoms with Gasteiger partial charge in [-0.1, -0.05) is 33.1 Å². The fourth-order valence-corrected chi connectivity index (χ4v) is 2.26. The first-order valence-electron chi connectivity index (χ1n) is 5.96. The normalized spacial score (nSPS) is 26.4. The van der Waals surface area contributed by atoms with Crippen LogP contribution in [0.4, 0.5) is 0 Å². The van der Waals surface area contributed by atoms with Crippen LogP contribution < -0.4 is 0 Å². The number of ether oxygens (including phenoxy) is 1. The Kier molecular flexibility index (Phi) is 4.99. The third kappa shape index (κ3) is 3.00. The van der Waals surface area contributed by atoms with E-state index in [1.807, 2.05) is 0 Å². The average Bonchev–Trinajstić information content (AvgIpc) is 2.65. The SMILES string of the molecule is CCCCOC(=O)[C@@H]1CCC[C@H]1CC. The van der Waals surface area contributed by atoms with Crippen molar-refractivity contribution in [2.75, 3.05) is 6.61 Å². The molecule has 0 aromatic rings. The van der Waals surface area contributed by atoms with Crippen LogP contribution in [0.1, 0.15) is 52.4 Å². The van der Waals surface area contributed by atoms with Gasteiger partial charge in [0.05, 0.1) is 12.5 Å². The number of rotatable bonds is 5. The highest BCUT2D eigenvalue weighted by Gasteiger charge is 2.32. The summed E-state index contributed by atoms with van der Waals surface area (Å²) < 4.78 is 5.26. The molecule has 1 saturated carbocycles. The van der Waals surface area contributed by atoms with Gasteiger partial charge in [0, 0.05) is 0 Å². The number of esters is 1. The summed E-state index contributed by atoms with van der Waals surface area (Å²) in [4.78, 5) is 11.7. The van der Waals surface area contributed by atoms with Crippen LogP contribution in [0.3, 0.4) is 0 Å². The zero-order valence-electron chi connectivity index (χ0n) is 9.42. The topological polar surface area (TPSA) is 26.3 Å². The second-order valence-electron chi connectivity index (χ2n) is 4.23. The Balaban J connectivity index is 2.28. The quantitative estimate of drug-likeness (QED) is 0.501. The maximum atomic E-state index is 11.7. The van der Waals surface area contributed by atoms with E-state index in [1.54, 1.807) is 0 Å². The van der Waals surface area contributed by atoms with Crippen LogP contribution in [0.15, 0.2) is 0 Å². The molecule has 0 saturated heterocycles. The van der Waals surface area contributed by atoms with Gasteiger partial charge in [-0.3, -0.25) is 4.79 Å². The van der Waals surface area contributed by atoms with Gasteiger partial charge >= 0.3 is 5.97 Å². The number of hydrogen-bond donors (Lipinski definition) is 0. The molecule has 2 nitrogen and oxygen atoms in total. The zero-order chi connectivity index (χ0) is 10.4. The fraction of sp³-hybridized carbons (Fsp3) is 0.917. The van der Waals surface area contributed by atoms with Gasteiger partial charge in [0.1, 0.15) is 0 Å². The number of unbranched alkanes of at least 4 members (excludes halogenated alkanes) is 1. The Bertz CT molecular complexity index is 177. The lowest BCUT2D eigenvalue weighted by atomic mass is 9.94. The van der Waals surface area contributed by atoms with E-state index in [0.717, 1.165) is 25.7 Å². The summed E-state index contributed by atoms with van der Waals surface area (Å²) in [6.45, 7) is 4.89. The van der Waals surface area contributed by atoms with E-state index < -0.39 is 0 Å². The molecule has 0 amide bonds. The highest BCUT2D eigenvalue weighted by molar-refractivity contribution is 5.73. The van der Waals surface area contributed by atoms with Crippen molar-refractivity contribution in [3.05, 3.63) is 0 Å². The van der Waals surface area contributed by atoms with Crippen LogP contribution in [0.5, 0.6) is 0 Å². The number of hydrogen-bond acceptors (Lipinski definition) is 2. The minimum Gasteiger partial charge on any atom is -0.465 e. The minimum absolute atomic E-state index is 0.0581. The van der Waals surface area contributed by atoms with E-state index in [0.29, 0.717) is 12.5 Å². The molecular weight excluding hydrogens is 176 g/mol. The largest absolute Gasteiger partial charge is 0.465 e. The van der Waals surface area contributed by atoms with Crippen LogP contribution in [0.2, 0.25) is 0 Å². The van der Waals surface area contributed by atoms with Gasteiger partial charge in [-0.2, -0.15) is 0 Å². The molecule has 0 radical (unpaired) electrons. The molecule has 0 aromatic heterocycles. The summed E-state index contributed by atoms with van der Waals surface area (Å²) in [5.41, 5.74) is 0. The molecule has 0 spiro atoms. The lowest BCUT2D eigenvalue weighted by molar-refractivity contribution is -0.149. The summed E-state index contributed by atoms with van der Waals surface area (Å²) in [6, 6.07) is 0. The second kappa shape index (κ2) is 6.05. The summed E-state index contributed by atoms with van der Waals surface area (Å²) in [5.74, 6) is 0.851. The van der Waals surface area contributed by atoms with Crippen molar-refractivity contribution in [3.63, 3.8) is 0 Å². The molecule has 0 aliphatic heterocycles. The third-order valence-electron chi connectivity index (χ3n) is 3.23. The first-order chi connectivity index (χ1) is 6.79. The summed E-state index contributed by atoms with van der Waals surface area (Å²) >= 11 is 0. The van der Waals surface area contributed by atoms with Gasteiger partial charge in [0.15, 0.2) is 0 Å². The van der Waals surface area contributed by atoms with E-state index >= 15 is 0 Å². The van der Waals surface area contributed by atoms with Crippen molar-refractivity contribution in [1.82, 2.24) is 0 Å². The van der Waals surface area contributed by atoms with E-state index in [2.05, 4.69) is 13.8 Å². The zero-order valence-corrected chi connectivity index (χ0v) is 9.42. The minimum atomic E-state index is 0.0581. The van der Waals surface area contributed by atoms with Crippen molar-refractivity contribution in [3.8, 4) is 0 Å². The fourth-order valence-electron chi connectivity index (χ4n) is 2.26. The van der Waals surface area contributed by atoms with E-state index in [-0.39, 0.29) is 11.9 Å².